The number of esters is 2. The van der Waals surface area contributed by atoms with Crippen LogP contribution in [0.25, 0.3) is 0 Å². The fourth-order valence-electron chi connectivity index (χ4n) is 1.52. The lowest BCUT2D eigenvalue weighted by atomic mass is 10.3. The minimum atomic E-state index is -1.29. The Morgan fingerprint density at radius 2 is 0.964 bits per heavy atom. The summed E-state index contributed by atoms with van der Waals surface area (Å²) in [4.78, 5) is 52.6. The van der Waals surface area contributed by atoms with Gasteiger partial charge in [0.1, 0.15) is 0 Å². The summed E-state index contributed by atoms with van der Waals surface area (Å²) in [6.07, 6.45) is -4.11. The molecule has 162 valence electrons. The second-order valence-corrected chi connectivity index (χ2v) is 5.62. The van der Waals surface area contributed by atoms with Crippen molar-refractivity contribution in [3.05, 3.63) is 0 Å². The predicted molar refractivity (Wildman–Crippen MR) is 88.6 cm³/mol. The van der Waals surface area contributed by atoms with E-state index in [1.54, 1.807) is 0 Å². The van der Waals surface area contributed by atoms with Crippen LogP contribution in [0.3, 0.4) is 0 Å². The summed E-state index contributed by atoms with van der Waals surface area (Å²) in [6.45, 7) is 2.53. The Bertz CT molecular complexity index is 444. The average Bonchev–Trinajstić information content (AvgIpc) is 2.58. The molecular weight excluding hydrogens is 384 g/mol. The van der Waals surface area contributed by atoms with Gasteiger partial charge in [-0.25, -0.2) is 0 Å². The summed E-state index contributed by atoms with van der Waals surface area (Å²) in [7, 11) is 0. The van der Waals surface area contributed by atoms with Crippen LogP contribution in [-0.2, 0) is 38.3 Å². The highest BCUT2D eigenvalue weighted by atomic mass is 17.3. The van der Waals surface area contributed by atoms with Gasteiger partial charge in [0.25, 0.3) is 0 Å². The molecule has 0 saturated carbocycles. The topological polar surface area (TPSA) is 164 Å². The van der Waals surface area contributed by atoms with E-state index < -0.39 is 36.5 Å². The van der Waals surface area contributed by atoms with Crippen molar-refractivity contribution in [2.75, 3.05) is 26.4 Å². The summed E-state index contributed by atoms with van der Waals surface area (Å²) in [5, 5.41) is 17.9. The molecule has 0 aromatic rings. The monoisotopic (exact) mass is 410 g/mol. The van der Waals surface area contributed by atoms with Crippen LogP contribution in [0.4, 0.5) is 9.59 Å². The van der Waals surface area contributed by atoms with Gasteiger partial charge in [-0.1, -0.05) is 0 Å². The molecule has 0 rings (SSSR count). The van der Waals surface area contributed by atoms with Crippen LogP contribution in [0, 0.1) is 0 Å². The van der Waals surface area contributed by atoms with E-state index in [0.717, 1.165) is 0 Å². The van der Waals surface area contributed by atoms with Crippen molar-refractivity contribution >= 4 is 24.2 Å². The first-order valence-electron chi connectivity index (χ1n) is 8.56. The number of aliphatic hydroxyl groups is 2. The first-order chi connectivity index (χ1) is 13.2. The Morgan fingerprint density at radius 3 is 1.29 bits per heavy atom. The third-order valence-corrected chi connectivity index (χ3v) is 2.65. The molecule has 0 aliphatic heterocycles. The molecule has 0 aromatic carbocycles. The summed E-state index contributed by atoms with van der Waals surface area (Å²) >= 11 is 0. The van der Waals surface area contributed by atoms with Crippen LogP contribution in [0.1, 0.15) is 39.5 Å². The smallest absolute Gasteiger partial charge is 0.465 e. The summed E-state index contributed by atoms with van der Waals surface area (Å²) in [5.41, 5.74) is 0. The van der Waals surface area contributed by atoms with E-state index in [1.807, 2.05) is 0 Å². The summed E-state index contributed by atoms with van der Waals surface area (Å²) in [6, 6.07) is 0. The molecule has 0 amide bonds. The maximum Gasteiger partial charge on any atom is 0.549 e. The SMILES string of the molecule is CC(O)CC(=O)OCCCOC(=O)OOC(=O)OCCCOC(=O)CC(C)O. The van der Waals surface area contributed by atoms with Gasteiger partial charge in [-0.2, -0.15) is 19.4 Å². The highest BCUT2D eigenvalue weighted by Crippen LogP contribution is 1.98. The molecule has 0 radical (unpaired) electrons. The quantitative estimate of drug-likeness (QED) is 0.152. The van der Waals surface area contributed by atoms with Gasteiger partial charge >= 0.3 is 24.2 Å². The molecule has 12 nitrogen and oxygen atoms in total. The Hall–Kier alpha value is -2.60. The second-order valence-electron chi connectivity index (χ2n) is 5.62. The van der Waals surface area contributed by atoms with Crippen LogP contribution in [-0.4, -0.2) is 73.1 Å². The van der Waals surface area contributed by atoms with Gasteiger partial charge in [0.2, 0.25) is 0 Å². The van der Waals surface area contributed by atoms with Gasteiger partial charge in [-0.3, -0.25) is 9.59 Å². The van der Waals surface area contributed by atoms with Crippen LogP contribution in [0.5, 0.6) is 0 Å². The van der Waals surface area contributed by atoms with Crippen LogP contribution in [0.2, 0.25) is 0 Å². The minimum Gasteiger partial charge on any atom is -0.465 e. The Morgan fingerprint density at radius 1 is 0.643 bits per heavy atom. The van der Waals surface area contributed by atoms with E-state index in [1.165, 1.54) is 13.8 Å². The standard InChI is InChI=1S/C16H26O12/c1-11(17)9-13(19)23-5-3-7-25-15(21)27-28-16(22)26-8-4-6-24-14(20)10-12(2)18/h11-12,17-18H,3-10H2,1-2H3. The van der Waals surface area contributed by atoms with Gasteiger partial charge in [0.15, 0.2) is 0 Å². The molecule has 28 heavy (non-hydrogen) atoms. The van der Waals surface area contributed by atoms with E-state index >= 15 is 0 Å². The average molecular weight is 410 g/mol. The maximum atomic E-state index is 11.1. The summed E-state index contributed by atoms with van der Waals surface area (Å²) < 4.78 is 18.6. The van der Waals surface area contributed by atoms with Crippen LogP contribution < -0.4 is 0 Å². The third kappa shape index (κ3) is 16.8. The highest BCUT2D eigenvalue weighted by molar-refractivity contribution is 5.70. The van der Waals surface area contributed by atoms with E-state index in [-0.39, 0.29) is 52.1 Å². The van der Waals surface area contributed by atoms with Crippen molar-refractivity contribution in [1.29, 1.82) is 0 Å². The van der Waals surface area contributed by atoms with E-state index in [2.05, 4.69) is 19.2 Å². The van der Waals surface area contributed by atoms with Crippen molar-refractivity contribution in [2.24, 2.45) is 0 Å². The first-order valence-corrected chi connectivity index (χ1v) is 8.56. The van der Waals surface area contributed by atoms with Crippen molar-refractivity contribution < 1.29 is 58.1 Å². The van der Waals surface area contributed by atoms with Crippen molar-refractivity contribution in [3.63, 3.8) is 0 Å². The fraction of sp³-hybridized carbons (Fsp3) is 0.750. The third-order valence-electron chi connectivity index (χ3n) is 2.65. The molecule has 2 atom stereocenters. The molecule has 2 unspecified atom stereocenters. The van der Waals surface area contributed by atoms with E-state index in [0.29, 0.717) is 0 Å². The van der Waals surface area contributed by atoms with Gasteiger partial charge in [0.05, 0.1) is 51.5 Å². The molecule has 2 N–H and O–H groups in total. The summed E-state index contributed by atoms with van der Waals surface area (Å²) in [5.74, 6) is -1.16. The zero-order valence-corrected chi connectivity index (χ0v) is 15.8. The molecule has 12 heteroatoms. The van der Waals surface area contributed by atoms with Crippen molar-refractivity contribution in [1.82, 2.24) is 0 Å². The first kappa shape index (κ1) is 25.4. The van der Waals surface area contributed by atoms with E-state index in [9.17, 15) is 19.2 Å². The molecule has 0 spiro atoms. The molecule has 0 fully saturated rings. The number of carbonyl (C=O) groups is 4. The highest BCUT2D eigenvalue weighted by Gasteiger charge is 2.13. The Balaban J connectivity index is 3.57. The number of carbonyl (C=O) groups excluding carboxylic acids is 4. The largest absolute Gasteiger partial charge is 0.549 e. The second kappa shape index (κ2) is 15.5. The number of hydrogen-bond acceptors (Lipinski definition) is 12. The van der Waals surface area contributed by atoms with Gasteiger partial charge in [-0.15, -0.1) is 0 Å². The molecule has 0 bridgehead atoms. The predicted octanol–water partition coefficient (Wildman–Crippen LogP) is 0.616. The van der Waals surface area contributed by atoms with E-state index in [4.69, 9.17) is 19.7 Å². The normalized spacial score (nSPS) is 12.3. The molecule has 0 aromatic heterocycles. The number of rotatable bonds is 12. The van der Waals surface area contributed by atoms with Crippen molar-refractivity contribution in [3.8, 4) is 0 Å². The maximum absolute atomic E-state index is 11.1. The van der Waals surface area contributed by atoms with Crippen LogP contribution >= 0.6 is 0 Å². The molecular formula is C16H26O12. The molecule has 0 saturated heterocycles. The lowest BCUT2D eigenvalue weighted by Gasteiger charge is -2.07. The van der Waals surface area contributed by atoms with Gasteiger partial charge in [-0.05, 0) is 13.8 Å². The van der Waals surface area contributed by atoms with Gasteiger partial charge < -0.3 is 29.2 Å². The lowest BCUT2D eigenvalue weighted by Crippen LogP contribution is -2.17. The molecule has 0 aliphatic rings. The fourth-order valence-corrected chi connectivity index (χ4v) is 1.52. The minimum absolute atomic E-state index is 0.0243. The number of aliphatic hydroxyl groups excluding tert-OH is 2. The number of ether oxygens (including phenoxy) is 4. The zero-order valence-electron chi connectivity index (χ0n) is 15.8. The molecule has 0 heterocycles. The van der Waals surface area contributed by atoms with Gasteiger partial charge in [0, 0.05) is 12.8 Å². The Labute approximate surface area is 161 Å². The van der Waals surface area contributed by atoms with Crippen LogP contribution in [0.15, 0.2) is 0 Å². The number of hydrogen-bond donors (Lipinski definition) is 2. The molecule has 0 aliphatic carbocycles. The zero-order chi connectivity index (χ0) is 21.4. The Kier molecular flexibility index (Phi) is 14.0. The lowest BCUT2D eigenvalue weighted by molar-refractivity contribution is -0.218. The van der Waals surface area contributed by atoms with Crippen molar-refractivity contribution in [2.45, 2.75) is 51.7 Å².